The molecule has 3 aliphatic rings. The van der Waals surface area contributed by atoms with E-state index >= 15 is 0 Å². The first kappa shape index (κ1) is 20.8. The van der Waals surface area contributed by atoms with Gasteiger partial charge in [0.15, 0.2) is 5.13 Å². The van der Waals surface area contributed by atoms with Crippen molar-refractivity contribution in [3.8, 4) is 0 Å². The van der Waals surface area contributed by atoms with Crippen molar-refractivity contribution >= 4 is 28.3 Å². The Morgan fingerprint density at radius 1 is 1.24 bits per heavy atom. The van der Waals surface area contributed by atoms with Crippen LogP contribution in [0.4, 0.5) is 5.13 Å². The van der Waals surface area contributed by atoms with E-state index in [9.17, 15) is 9.59 Å². The highest BCUT2D eigenvalue weighted by Gasteiger charge is 2.42. The van der Waals surface area contributed by atoms with Crippen molar-refractivity contribution in [2.24, 2.45) is 23.7 Å². The number of thiazole rings is 1. The van der Waals surface area contributed by atoms with Crippen LogP contribution in [0.2, 0.25) is 0 Å². The fraction of sp³-hybridized carbons (Fsp3) is 0.773. The number of carbonyl (C=O) groups is 2. The Hall–Kier alpha value is -1.47. The summed E-state index contributed by atoms with van der Waals surface area (Å²) < 4.78 is 0. The Bertz CT molecular complexity index is 744. The molecule has 2 aliphatic carbocycles. The molecule has 1 aliphatic heterocycles. The number of anilines is 1. The van der Waals surface area contributed by atoms with Crippen molar-refractivity contribution in [2.75, 3.05) is 25.0 Å². The molecular weight excluding hydrogens is 384 g/mol. The molecular formula is C22H34N4O2S. The first-order valence-corrected chi connectivity index (χ1v) is 12.0. The number of nitrogens with zero attached hydrogens (tertiary/aromatic N) is 2. The number of rotatable bonds is 6. The van der Waals surface area contributed by atoms with Crippen LogP contribution in [-0.2, 0) is 9.59 Å². The third-order valence-corrected chi connectivity index (χ3v) is 8.31. The summed E-state index contributed by atoms with van der Waals surface area (Å²) in [5.41, 5.74) is 0.963. The zero-order valence-corrected chi connectivity index (χ0v) is 18.7. The standard InChI is InChI=1S/C22H34N4O2S/c1-13-15(3)29-22(24-13)25-20(27)12-26-8-4-5-18(11-26)21(28)23-14(2)19-10-16-6-7-17(19)9-16/h14,16-19H,4-12H2,1-3H3,(H,23,28)(H,24,25,27). The molecule has 3 fully saturated rings. The van der Waals surface area contributed by atoms with Gasteiger partial charge < -0.3 is 10.6 Å². The van der Waals surface area contributed by atoms with Crippen molar-refractivity contribution in [2.45, 2.75) is 65.3 Å². The average molecular weight is 419 g/mol. The van der Waals surface area contributed by atoms with Crippen LogP contribution in [0.5, 0.6) is 0 Å². The highest BCUT2D eigenvalue weighted by atomic mass is 32.1. The topological polar surface area (TPSA) is 74.3 Å². The number of carbonyl (C=O) groups excluding carboxylic acids is 2. The van der Waals surface area contributed by atoms with E-state index in [1.807, 2.05) is 13.8 Å². The molecule has 5 unspecified atom stereocenters. The maximum Gasteiger partial charge on any atom is 0.240 e. The summed E-state index contributed by atoms with van der Waals surface area (Å²) in [4.78, 5) is 32.9. The lowest BCUT2D eigenvalue weighted by Gasteiger charge is -2.34. The van der Waals surface area contributed by atoms with E-state index in [1.165, 1.54) is 37.0 Å². The largest absolute Gasteiger partial charge is 0.353 e. The van der Waals surface area contributed by atoms with Gasteiger partial charge in [-0.1, -0.05) is 6.42 Å². The van der Waals surface area contributed by atoms with Gasteiger partial charge in [-0.25, -0.2) is 4.98 Å². The number of aromatic nitrogens is 1. The molecule has 2 N–H and O–H groups in total. The Balaban J connectivity index is 1.25. The van der Waals surface area contributed by atoms with Gasteiger partial charge in [0, 0.05) is 17.5 Å². The second kappa shape index (κ2) is 8.72. The zero-order chi connectivity index (χ0) is 20.5. The Morgan fingerprint density at radius 3 is 2.72 bits per heavy atom. The van der Waals surface area contributed by atoms with E-state index in [0.29, 0.717) is 24.1 Å². The van der Waals surface area contributed by atoms with Gasteiger partial charge in [0.2, 0.25) is 11.8 Å². The summed E-state index contributed by atoms with van der Waals surface area (Å²) in [5.74, 6) is 2.50. The minimum Gasteiger partial charge on any atom is -0.353 e. The van der Waals surface area contributed by atoms with Crippen molar-refractivity contribution in [1.29, 1.82) is 0 Å². The van der Waals surface area contributed by atoms with E-state index in [0.717, 1.165) is 41.8 Å². The van der Waals surface area contributed by atoms with Crippen LogP contribution in [0.1, 0.15) is 56.0 Å². The number of likely N-dealkylation sites (tertiary alicyclic amines) is 1. The van der Waals surface area contributed by atoms with E-state index in [-0.39, 0.29) is 23.8 Å². The van der Waals surface area contributed by atoms with Gasteiger partial charge in [-0.2, -0.15) is 0 Å². The van der Waals surface area contributed by atoms with Gasteiger partial charge in [0.25, 0.3) is 0 Å². The third-order valence-electron chi connectivity index (χ3n) is 7.32. The normalized spacial score (nSPS) is 30.3. The van der Waals surface area contributed by atoms with Crippen molar-refractivity contribution < 1.29 is 9.59 Å². The van der Waals surface area contributed by atoms with Crippen molar-refractivity contribution in [1.82, 2.24) is 15.2 Å². The van der Waals surface area contributed by atoms with Crippen LogP contribution in [0, 0.1) is 37.5 Å². The summed E-state index contributed by atoms with van der Waals surface area (Å²) in [5, 5.41) is 6.89. The predicted octanol–water partition coefficient (Wildman–Crippen LogP) is 3.35. The first-order valence-electron chi connectivity index (χ1n) is 11.2. The molecule has 7 heteroatoms. The van der Waals surface area contributed by atoms with Crippen LogP contribution >= 0.6 is 11.3 Å². The molecule has 29 heavy (non-hydrogen) atoms. The molecule has 2 bridgehead atoms. The maximum atomic E-state index is 12.9. The molecule has 0 radical (unpaired) electrons. The molecule has 2 heterocycles. The summed E-state index contributed by atoms with van der Waals surface area (Å²) in [6.07, 6.45) is 7.28. The lowest BCUT2D eigenvalue weighted by molar-refractivity contribution is -0.129. The van der Waals surface area contributed by atoms with Crippen LogP contribution in [0.3, 0.4) is 0 Å². The van der Waals surface area contributed by atoms with Gasteiger partial charge in [0.1, 0.15) is 0 Å². The number of aryl methyl sites for hydroxylation is 2. The molecule has 1 aromatic rings. The molecule has 2 saturated carbocycles. The number of amides is 2. The monoisotopic (exact) mass is 418 g/mol. The van der Waals surface area contributed by atoms with Gasteiger partial charge >= 0.3 is 0 Å². The Morgan fingerprint density at radius 2 is 2.07 bits per heavy atom. The lowest BCUT2D eigenvalue weighted by atomic mass is 9.83. The van der Waals surface area contributed by atoms with Crippen LogP contribution in [0.25, 0.3) is 0 Å². The minimum absolute atomic E-state index is 0.0121. The lowest BCUT2D eigenvalue weighted by Crippen LogP contribution is -2.48. The number of nitrogens with one attached hydrogen (secondary N) is 2. The number of fused-ring (bicyclic) bond motifs is 2. The SMILES string of the molecule is Cc1nc(NC(=O)CN2CCCC(C(=O)NC(C)C3CC4CCC3C4)C2)sc1C. The second-order valence-electron chi connectivity index (χ2n) is 9.42. The van der Waals surface area contributed by atoms with Crippen LogP contribution < -0.4 is 10.6 Å². The fourth-order valence-electron chi connectivity index (χ4n) is 5.66. The van der Waals surface area contributed by atoms with Gasteiger partial charge in [-0.05, 0) is 77.2 Å². The van der Waals surface area contributed by atoms with Gasteiger partial charge in [0.05, 0.1) is 18.2 Å². The highest BCUT2D eigenvalue weighted by molar-refractivity contribution is 7.15. The average Bonchev–Trinajstić information content (AvgIpc) is 3.38. The van der Waals surface area contributed by atoms with Gasteiger partial charge in [-0.3, -0.25) is 14.5 Å². The molecule has 5 atom stereocenters. The second-order valence-corrected chi connectivity index (χ2v) is 10.6. The summed E-state index contributed by atoms with van der Waals surface area (Å²) in [6, 6.07) is 0.271. The predicted molar refractivity (Wildman–Crippen MR) is 116 cm³/mol. The molecule has 4 rings (SSSR count). The van der Waals surface area contributed by atoms with Crippen molar-refractivity contribution in [3.63, 3.8) is 0 Å². The molecule has 0 aromatic carbocycles. The van der Waals surface area contributed by atoms with Gasteiger partial charge in [-0.15, -0.1) is 11.3 Å². The first-order chi connectivity index (χ1) is 13.9. The molecule has 0 spiro atoms. The molecule has 1 aromatic heterocycles. The van der Waals surface area contributed by atoms with E-state index in [1.54, 1.807) is 0 Å². The van der Waals surface area contributed by atoms with E-state index in [2.05, 4.69) is 27.4 Å². The summed E-state index contributed by atoms with van der Waals surface area (Å²) in [6.45, 7) is 8.01. The highest BCUT2D eigenvalue weighted by Crippen LogP contribution is 2.49. The molecule has 160 valence electrons. The molecule has 2 amide bonds. The number of hydrogen-bond acceptors (Lipinski definition) is 5. The molecule has 6 nitrogen and oxygen atoms in total. The van der Waals surface area contributed by atoms with Crippen LogP contribution in [-0.4, -0.2) is 47.4 Å². The third kappa shape index (κ3) is 4.82. The van der Waals surface area contributed by atoms with Crippen molar-refractivity contribution in [3.05, 3.63) is 10.6 Å². The fourth-order valence-corrected chi connectivity index (χ4v) is 6.49. The van der Waals surface area contributed by atoms with E-state index in [4.69, 9.17) is 0 Å². The Labute approximate surface area is 177 Å². The van der Waals surface area contributed by atoms with E-state index < -0.39 is 0 Å². The zero-order valence-electron chi connectivity index (χ0n) is 17.9. The number of piperidine rings is 1. The summed E-state index contributed by atoms with van der Waals surface area (Å²) in [7, 11) is 0. The number of hydrogen-bond donors (Lipinski definition) is 2. The smallest absolute Gasteiger partial charge is 0.240 e. The quantitative estimate of drug-likeness (QED) is 0.743. The molecule has 1 saturated heterocycles. The maximum absolute atomic E-state index is 12.9. The van der Waals surface area contributed by atoms with Crippen LogP contribution in [0.15, 0.2) is 0 Å². The Kier molecular flexibility index (Phi) is 6.25. The summed E-state index contributed by atoms with van der Waals surface area (Å²) >= 11 is 1.51. The minimum atomic E-state index is -0.0462.